The molecule has 0 unspecified atom stereocenters. The van der Waals surface area contributed by atoms with Crippen molar-refractivity contribution in [1.29, 1.82) is 0 Å². The van der Waals surface area contributed by atoms with Crippen LogP contribution in [0.15, 0.2) is 39.5 Å². The zero-order valence-corrected chi connectivity index (χ0v) is 18.5. The van der Waals surface area contributed by atoms with Gasteiger partial charge >= 0.3 is 0 Å². The van der Waals surface area contributed by atoms with Crippen LogP contribution < -0.4 is 5.32 Å². The molecule has 0 bridgehead atoms. The smallest absolute Gasteiger partial charge is 0.240 e. The van der Waals surface area contributed by atoms with E-state index < -0.39 is 0 Å². The highest BCUT2D eigenvalue weighted by Gasteiger charge is 2.13. The van der Waals surface area contributed by atoms with Gasteiger partial charge in [-0.15, -0.1) is 22.7 Å². The van der Waals surface area contributed by atoms with E-state index >= 15 is 0 Å². The van der Waals surface area contributed by atoms with Crippen LogP contribution in [0.3, 0.4) is 0 Å². The summed E-state index contributed by atoms with van der Waals surface area (Å²) in [5, 5.41) is 17.9. The molecule has 1 amide bonds. The van der Waals surface area contributed by atoms with Crippen LogP contribution in [0, 0.1) is 4.77 Å². The van der Waals surface area contributed by atoms with E-state index in [1.807, 2.05) is 35.0 Å². The molecule has 11 heteroatoms. The Bertz CT molecular complexity index is 1130. The Morgan fingerprint density at radius 3 is 2.73 bits per heavy atom. The van der Waals surface area contributed by atoms with E-state index in [9.17, 15) is 4.79 Å². The van der Waals surface area contributed by atoms with E-state index in [0.29, 0.717) is 28.9 Å². The standard InChI is InChI=1S/C19H20N6O2S3/c26-15(12-25-18(22-23-19(25)28)14-7-5-11-30-14)20-9-3-1-2-8-16-21-17(24-27-16)13-6-4-10-29-13/h4-7,10-11H,1-3,8-9,12H2,(H,20,26)(H,23,28). The lowest BCUT2D eigenvalue weighted by Gasteiger charge is -2.07. The van der Waals surface area contributed by atoms with Crippen molar-refractivity contribution < 1.29 is 9.32 Å². The lowest BCUT2D eigenvalue weighted by atomic mass is 10.2. The Hall–Kier alpha value is -2.63. The number of H-pyrrole nitrogens is 1. The molecular weight excluding hydrogens is 440 g/mol. The van der Waals surface area contributed by atoms with Crippen molar-refractivity contribution in [3.05, 3.63) is 45.7 Å². The number of aromatic nitrogens is 5. The minimum absolute atomic E-state index is 0.0807. The third-order valence-electron chi connectivity index (χ3n) is 4.40. The van der Waals surface area contributed by atoms with Crippen LogP contribution >= 0.6 is 34.9 Å². The number of aromatic amines is 1. The topological polar surface area (TPSA) is 102 Å². The van der Waals surface area contributed by atoms with Gasteiger partial charge in [0.2, 0.25) is 17.6 Å². The monoisotopic (exact) mass is 460 g/mol. The summed E-state index contributed by atoms with van der Waals surface area (Å²) >= 11 is 8.41. The Labute approximate surface area is 186 Å². The van der Waals surface area contributed by atoms with Gasteiger partial charge in [0.1, 0.15) is 6.54 Å². The second kappa shape index (κ2) is 9.92. The van der Waals surface area contributed by atoms with Gasteiger partial charge < -0.3 is 9.84 Å². The molecule has 0 aliphatic carbocycles. The van der Waals surface area contributed by atoms with Crippen LogP contribution in [0.5, 0.6) is 0 Å². The first-order chi connectivity index (χ1) is 14.7. The van der Waals surface area contributed by atoms with Crippen LogP contribution in [-0.2, 0) is 17.8 Å². The zero-order chi connectivity index (χ0) is 20.8. The first kappa shape index (κ1) is 20.6. The summed E-state index contributed by atoms with van der Waals surface area (Å²) in [6.07, 6.45) is 3.51. The molecule has 0 spiro atoms. The van der Waals surface area contributed by atoms with E-state index in [2.05, 4.69) is 25.7 Å². The Kier molecular flexibility index (Phi) is 6.82. The zero-order valence-electron chi connectivity index (χ0n) is 16.0. The van der Waals surface area contributed by atoms with Crippen molar-refractivity contribution in [2.24, 2.45) is 0 Å². The van der Waals surface area contributed by atoms with Gasteiger partial charge in [0, 0.05) is 13.0 Å². The largest absolute Gasteiger partial charge is 0.355 e. The first-order valence-corrected chi connectivity index (χ1v) is 11.7. The predicted molar refractivity (Wildman–Crippen MR) is 119 cm³/mol. The van der Waals surface area contributed by atoms with E-state index in [4.69, 9.17) is 16.7 Å². The lowest BCUT2D eigenvalue weighted by molar-refractivity contribution is -0.121. The molecule has 0 saturated heterocycles. The number of thiophene rings is 2. The first-order valence-electron chi connectivity index (χ1n) is 9.53. The molecule has 2 N–H and O–H groups in total. The van der Waals surface area contributed by atoms with Gasteiger partial charge in [-0.05, 0) is 48.0 Å². The third-order valence-corrected chi connectivity index (χ3v) is 6.44. The minimum Gasteiger partial charge on any atom is -0.355 e. The highest BCUT2D eigenvalue weighted by atomic mass is 32.1. The van der Waals surface area contributed by atoms with Crippen LogP contribution in [0.4, 0.5) is 0 Å². The number of carbonyl (C=O) groups is 1. The molecule has 0 aliphatic rings. The summed E-state index contributed by atoms with van der Waals surface area (Å²) in [5.41, 5.74) is 0. The summed E-state index contributed by atoms with van der Waals surface area (Å²) in [6, 6.07) is 7.84. The molecule has 8 nitrogen and oxygen atoms in total. The van der Waals surface area contributed by atoms with Crippen LogP contribution in [0.2, 0.25) is 0 Å². The highest BCUT2D eigenvalue weighted by molar-refractivity contribution is 7.71. The summed E-state index contributed by atoms with van der Waals surface area (Å²) in [6.45, 7) is 0.763. The average molecular weight is 461 g/mol. The number of nitrogens with one attached hydrogen (secondary N) is 2. The number of carbonyl (C=O) groups excluding carboxylic acids is 1. The van der Waals surface area contributed by atoms with Gasteiger partial charge in [0.15, 0.2) is 10.6 Å². The second-order valence-corrected chi connectivity index (χ2v) is 8.85. The molecule has 0 aromatic carbocycles. The number of rotatable bonds is 10. The Balaban J connectivity index is 1.17. The van der Waals surface area contributed by atoms with Crippen molar-refractivity contribution >= 4 is 40.8 Å². The number of nitrogens with zero attached hydrogens (tertiary/aromatic N) is 4. The molecule has 0 saturated carbocycles. The number of hydrogen-bond donors (Lipinski definition) is 2. The average Bonchev–Trinajstić information content (AvgIpc) is 3.52. The fourth-order valence-corrected chi connectivity index (χ4v) is 4.49. The third kappa shape index (κ3) is 5.10. The molecule has 30 heavy (non-hydrogen) atoms. The molecule has 0 fully saturated rings. The van der Waals surface area contributed by atoms with Gasteiger partial charge in [-0.3, -0.25) is 14.5 Å². The van der Waals surface area contributed by atoms with Gasteiger partial charge in [-0.1, -0.05) is 23.7 Å². The van der Waals surface area contributed by atoms with Crippen molar-refractivity contribution in [2.45, 2.75) is 32.2 Å². The number of amides is 1. The van der Waals surface area contributed by atoms with Crippen LogP contribution in [0.1, 0.15) is 25.2 Å². The molecule has 4 rings (SSSR count). The van der Waals surface area contributed by atoms with E-state index in [0.717, 1.165) is 35.4 Å². The fraction of sp³-hybridized carbons (Fsp3) is 0.316. The molecule has 4 aromatic heterocycles. The quantitative estimate of drug-likeness (QED) is 0.270. The van der Waals surface area contributed by atoms with Crippen molar-refractivity contribution in [3.63, 3.8) is 0 Å². The maximum atomic E-state index is 12.3. The highest BCUT2D eigenvalue weighted by Crippen LogP contribution is 2.23. The normalized spacial score (nSPS) is 11.1. The van der Waals surface area contributed by atoms with Crippen molar-refractivity contribution in [1.82, 2.24) is 30.2 Å². The summed E-state index contributed by atoms with van der Waals surface area (Å²) in [7, 11) is 0. The number of aryl methyl sites for hydroxylation is 1. The second-order valence-electron chi connectivity index (χ2n) is 6.57. The van der Waals surface area contributed by atoms with E-state index in [1.165, 1.54) is 0 Å². The van der Waals surface area contributed by atoms with Crippen molar-refractivity contribution in [3.8, 4) is 21.4 Å². The molecular formula is C19H20N6O2S3. The Morgan fingerprint density at radius 1 is 1.17 bits per heavy atom. The molecule has 0 radical (unpaired) electrons. The molecule has 0 aliphatic heterocycles. The summed E-state index contributed by atoms with van der Waals surface area (Å²) < 4.78 is 7.46. The summed E-state index contributed by atoms with van der Waals surface area (Å²) in [5.74, 6) is 1.90. The lowest BCUT2D eigenvalue weighted by Crippen LogP contribution is -2.28. The van der Waals surface area contributed by atoms with Crippen molar-refractivity contribution in [2.75, 3.05) is 6.54 Å². The SMILES string of the molecule is O=C(Cn1c(-c2cccs2)n[nH]c1=S)NCCCCCc1nc(-c2cccs2)no1. The Morgan fingerprint density at radius 2 is 1.97 bits per heavy atom. The molecule has 4 aromatic rings. The number of unbranched alkanes of at least 4 members (excludes halogenated alkanes) is 2. The van der Waals surface area contributed by atoms with Crippen LogP contribution in [-0.4, -0.2) is 37.4 Å². The maximum Gasteiger partial charge on any atom is 0.240 e. The molecule has 4 heterocycles. The summed E-state index contributed by atoms with van der Waals surface area (Å²) in [4.78, 5) is 18.7. The van der Waals surface area contributed by atoms with Gasteiger partial charge in [0.05, 0.1) is 9.75 Å². The minimum atomic E-state index is -0.0807. The maximum absolute atomic E-state index is 12.3. The van der Waals surface area contributed by atoms with Gasteiger partial charge in [-0.25, -0.2) is 0 Å². The van der Waals surface area contributed by atoms with E-state index in [-0.39, 0.29) is 12.5 Å². The van der Waals surface area contributed by atoms with Gasteiger partial charge in [0.25, 0.3) is 0 Å². The molecule has 0 atom stereocenters. The van der Waals surface area contributed by atoms with Gasteiger partial charge in [-0.2, -0.15) is 10.1 Å². The predicted octanol–water partition coefficient (Wildman–Crippen LogP) is 4.31. The van der Waals surface area contributed by atoms with E-state index in [1.54, 1.807) is 27.2 Å². The number of hydrogen-bond acceptors (Lipinski definition) is 8. The fourth-order valence-electron chi connectivity index (χ4n) is 2.93. The van der Waals surface area contributed by atoms with Crippen LogP contribution in [0.25, 0.3) is 21.4 Å². The molecule has 156 valence electrons.